The SMILES string of the molecule is COc1cc2nc(C)cc(NC(C)c3cccc(C(C)(F)F)c3F)c2cc1Br. The van der Waals surface area contributed by atoms with Gasteiger partial charge in [-0.05, 0) is 41.9 Å². The number of pyridine rings is 1. The summed E-state index contributed by atoms with van der Waals surface area (Å²) in [5.41, 5.74) is 1.77. The highest BCUT2D eigenvalue weighted by Crippen LogP contribution is 2.36. The Labute approximate surface area is 170 Å². The lowest BCUT2D eigenvalue weighted by atomic mass is 10.0. The summed E-state index contributed by atoms with van der Waals surface area (Å²) in [5, 5.41) is 4.05. The Bertz CT molecular complexity index is 1030. The van der Waals surface area contributed by atoms with E-state index in [4.69, 9.17) is 4.74 Å². The minimum atomic E-state index is -3.25. The average molecular weight is 453 g/mol. The third kappa shape index (κ3) is 3.94. The van der Waals surface area contributed by atoms with Crippen LogP contribution in [-0.4, -0.2) is 12.1 Å². The fraction of sp³-hybridized carbons (Fsp3) is 0.286. The molecule has 0 bridgehead atoms. The van der Waals surface area contributed by atoms with E-state index >= 15 is 0 Å². The van der Waals surface area contributed by atoms with Gasteiger partial charge in [-0.3, -0.25) is 4.98 Å². The van der Waals surface area contributed by atoms with Crippen LogP contribution in [0.3, 0.4) is 0 Å². The van der Waals surface area contributed by atoms with Crippen LogP contribution < -0.4 is 10.1 Å². The van der Waals surface area contributed by atoms with Crippen LogP contribution in [0.5, 0.6) is 5.75 Å². The molecule has 7 heteroatoms. The molecule has 1 aromatic heterocycles. The summed E-state index contributed by atoms with van der Waals surface area (Å²) in [4.78, 5) is 4.52. The first kappa shape index (κ1) is 20.5. The van der Waals surface area contributed by atoms with Crippen LogP contribution in [0.1, 0.15) is 36.7 Å². The van der Waals surface area contributed by atoms with E-state index in [-0.39, 0.29) is 5.56 Å². The molecule has 1 atom stereocenters. The standard InChI is InChI=1S/C21H20BrF3N2O/c1-11-8-17(14-9-16(22)19(28-4)10-18(14)26-11)27-12(2)13-6-5-7-15(20(13)23)21(3,24)25/h5-10,12H,1-4H3,(H,26,27). The van der Waals surface area contributed by atoms with Crippen molar-refractivity contribution in [2.24, 2.45) is 0 Å². The molecule has 0 spiro atoms. The maximum atomic E-state index is 14.7. The largest absolute Gasteiger partial charge is 0.495 e. The number of hydrogen-bond donors (Lipinski definition) is 1. The number of fused-ring (bicyclic) bond motifs is 1. The van der Waals surface area contributed by atoms with Crippen LogP contribution in [-0.2, 0) is 5.92 Å². The number of ether oxygens (including phenoxy) is 1. The van der Waals surface area contributed by atoms with Gasteiger partial charge in [0.05, 0.1) is 28.7 Å². The Kier molecular flexibility index (Phi) is 5.57. The monoisotopic (exact) mass is 452 g/mol. The number of halogens is 4. The number of nitrogens with one attached hydrogen (secondary N) is 1. The fourth-order valence-corrected chi connectivity index (χ4v) is 3.68. The van der Waals surface area contributed by atoms with E-state index in [2.05, 4.69) is 26.2 Å². The number of aryl methyl sites for hydroxylation is 1. The van der Waals surface area contributed by atoms with Gasteiger partial charge in [-0.15, -0.1) is 0 Å². The third-order valence-electron chi connectivity index (χ3n) is 4.55. The van der Waals surface area contributed by atoms with Gasteiger partial charge >= 0.3 is 0 Å². The molecular weight excluding hydrogens is 433 g/mol. The predicted molar refractivity (Wildman–Crippen MR) is 109 cm³/mol. The molecular formula is C21H20BrF3N2O. The lowest BCUT2D eigenvalue weighted by molar-refractivity contribution is 0.0136. The minimum absolute atomic E-state index is 0.175. The second kappa shape index (κ2) is 7.62. The number of rotatable bonds is 5. The van der Waals surface area contributed by atoms with Crippen molar-refractivity contribution in [3.05, 3.63) is 63.5 Å². The van der Waals surface area contributed by atoms with E-state index in [0.717, 1.165) is 27.3 Å². The zero-order valence-corrected chi connectivity index (χ0v) is 17.5. The van der Waals surface area contributed by atoms with Gasteiger partial charge in [0.1, 0.15) is 11.6 Å². The number of alkyl halides is 2. The van der Waals surface area contributed by atoms with E-state index < -0.39 is 23.3 Å². The minimum Gasteiger partial charge on any atom is -0.495 e. The van der Waals surface area contributed by atoms with E-state index in [0.29, 0.717) is 18.2 Å². The molecule has 0 aliphatic heterocycles. The second-order valence-electron chi connectivity index (χ2n) is 6.78. The molecule has 2 aromatic carbocycles. The molecule has 148 valence electrons. The maximum absolute atomic E-state index is 14.7. The zero-order chi connectivity index (χ0) is 20.6. The van der Waals surface area contributed by atoms with Crippen molar-refractivity contribution in [3.8, 4) is 5.75 Å². The highest BCUT2D eigenvalue weighted by Gasteiger charge is 2.30. The number of methoxy groups -OCH3 is 1. The first-order valence-corrected chi connectivity index (χ1v) is 9.49. The van der Waals surface area contributed by atoms with Gasteiger partial charge in [-0.25, -0.2) is 13.2 Å². The third-order valence-corrected chi connectivity index (χ3v) is 5.17. The Morgan fingerprint density at radius 1 is 1.21 bits per heavy atom. The van der Waals surface area contributed by atoms with Crippen LogP contribution in [0.2, 0.25) is 0 Å². The van der Waals surface area contributed by atoms with Crippen molar-refractivity contribution in [2.75, 3.05) is 12.4 Å². The number of benzene rings is 2. The van der Waals surface area contributed by atoms with Gasteiger partial charge in [0, 0.05) is 35.3 Å². The molecule has 1 N–H and O–H groups in total. The lowest BCUT2D eigenvalue weighted by Gasteiger charge is -2.21. The molecule has 0 saturated carbocycles. The average Bonchev–Trinajstić information content (AvgIpc) is 2.60. The van der Waals surface area contributed by atoms with Crippen molar-refractivity contribution in [1.82, 2.24) is 4.98 Å². The molecule has 0 saturated heterocycles. The molecule has 3 aromatic rings. The molecule has 1 unspecified atom stereocenters. The summed E-state index contributed by atoms with van der Waals surface area (Å²) in [6.07, 6.45) is 0. The van der Waals surface area contributed by atoms with Gasteiger partial charge in [0.25, 0.3) is 5.92 Å². The quantitative estimate of drug-likeness (QED) is 0.465. The summed E-state index contributed by atoms with van der Waals surface area (Å²) < 4.78 is 48.1. The number of hydrogen-bond acceptors (Lipinski definition) is 3. The normalized spacial score (nSPS) is 12.9. The summed E-state index contributed by atoms with van der Waals surface area (Å²) >= 11 is 3.46. The van der Waals surface area contributed by atoms with Crippen LogP contribution in [0.15, 0.2) is 40.9 Å². The molecule has 0 fully saturated rings. The first-order chi connectivity index (χ1) is 13.1. The van der Waals surface area contributed by atoms with Crippen molar-refractivity contribution < 1.29 is 17.9 Å². The smallest absolute Gasteiger partial charge is 0.273 e. The molecule has 3 nitrogen and oxygen atoms in total. The van der Waals surface area contributed by atoms with Crippen LogP contribution in [0, 0.1) is 12.7 Å². The van der Waals surface area contributed by atoms with E-state index in [9.17, 15) is 13.2 Å². The Hall–Kier alpha value is -2.28. The van der Waals surface area contributed by atoms with Crippen LogP contribution in [0.25, 0.3) is 10.9 Å². The lowest BCUT2D eigenvalue weighted by Crippen LogP contribution is -2.15. The summed E-state index contributed by atoms with van der Waals surface area (Å²) in [6, 6.07) is 9.05. The maximum Gasteiger partial charge on any atom is 0.273 e. The Balaban J connectivity index is 2.05. The van der Waals surface area contributed by atoms with Gasteiger partial charge in [-0.2, -0.15) is 0 Å². The van der Waals surface area contributed by atoms with E-state index in [1.54, 1.807) is 20.1 Å². The highest BCUT2D eigenvalue weighted by molar-refractivity contribution is 9.10. The van der Waals surface area contributed by atoms with Crippen molar-refractivity contribution in [3.63, 3.8) is 0 Å². The van der Waals surface area contributed by atoms with E-state index in [1.807, 2.05) is 19.1 Å². The van der Waals surface area contributed by atoms with Crippen molar-refractivity contribution in [1.29, 1.82) is 0 Å². The van der Waals surface area contributed by atoms with Crippen molar-refractivity contribution in [2.45, 2.75) is 32.7 Å². The number of aromatic nitrogens is 1. The molecule has 0 amide bonds. The fourth-order valence-electron chi connectivity index (χ4n) is 3.17. The predicted octanol–water partition coefficient (Wildman–Crippen LogP) is 6.74. The topological polar surface area (TPSA) is 34.1 Å². The van der Waals surface area contributed by atoms with Crippen LogP contribution in [0.4, 0.5) is 18.9 Å². The highest BCUT2D eigenvalue weighted by atomic mass is 79.9. The molecule has 3 rings (SSSR count). The Morgan fingerprint density at radius 2 is 1.93 bits per heavy atom. The summed E-state index contributed by atoms with van der Waals surface area (Å²) in [7, 11) is 1.57. The summed E-state index contributed by atoms with van der Waals surface area (Å²) in [5.74, 6) is -3.50. The zero-order valence-electron chi connectivity index (χ0n) is 15.9. The second-order valence-corrected chi connectivity index (χ2v) is 7.63. The molecule has 28 heavy (non-hydrogen) atoms. The Morgan fingerprint density at radius 3 is 2.57 bits per heavy atom. The molecule has 0 aliphatic rings. The first-order valence-electron chi connectivity index (χ1n) is 8.70. The number of anilines is 1. The number of nitrogens with zero attached hydrogens (tertiary/aromatic N) is 1. The molecule has 1 heterocycles. The van der Waals surface area contributed by atoms with Gasteiger partial charge in [-0.1, -0.05) is 18.2 Å². The molecule has 0 aliphatic carbocycles. The molecule has 0 radical (unpaired) electrons. The van der Waals surface area contributed by atoms with Gasteiger partial charge in [0.2, 0.25) is 0 Å². The van der Waals surface area contributed by atoms with Crippen molar-refractivity contribution >= 4 is 32.5 Å². The summed E-state index contributed by atoms with van der Waals surface area (Å²) in [6.45, 7) is 4.27. The van der Waals surface area contributed by atoms with Crippen LogP contribution >= 0.6 is 15.9 Å². The van der Waals surface area contributed by atoms with E-state index in [1.165, 1.54) is 12.1 Å². The van der Waals surface area contributed by atoms with Gasteiger partial charge in [0.15, 0.2) is 0 Å². The van der Waals surface area contributed by atoms with Gasteiger partial charge < -0.3 is 10.1 Å².